The minimum absolute atomic E-state index is 0.0310. The maximum Gasteiger partial charge on any atom is 0.342 e. The Morgan fingerprint density at radius 2 is 1.89 bits per heavy atom. The summed E-state index contributed by atoms with van der Waals surface area (Å²) in [6, 6.07) is 0. The van der Waals surface area contributed by atoms with Gasteiger partial charge in [0.1, 0.15) is 17.4 Å². The molecule has 4 rings (SSSR count). The number of fused-ring (bicyclic) bond motifs is 2. The number of aliphatic hydroxyl groups is 1. The first kappa shape index (κ1) is 27.6. The molecule has 4 aliphatic carbocycles. The molecule has 2 fully saturated rings. The first-order valence-corrected chi connectivity index (χ1v) is 14.1. The Labute approximate surface area is 222 Å². The topological polar surface area (TPSA) is 80.7 Å². The van der Waals surface area contributed by atoms with Crippen molar-refractivity contribution in [1.29, 1.82) is 0 Å². The van der Waals surface area contributed by atoms with Crippen LogP contribution in [-0.2, 0) is 19.1 Å². The van der Waals surface area contributed by atoms with Gasteiger partial charge >= 0.3 is 5.97 Å². The number of ether oxygens (including phenoxy) is 1. The number of hydrogen-bond donors (Lipinski definition) is 1. The summed E-state index contributed by atoms with van der Waals surface area (Å²) < 4.78 is 6.12. The molecule has 0 aromatic rings. The maximum atomic E-state index is 13.8. The number of esters is 1. The van der Waals surface area contributed by atoms with E-state index in [4.69, 9.17) is 4.74 Å². The van der Waals surface area contributed by atoms with Crippen LogP contribution < -0.4 is 0 Å². The van der Waals surface area contributed by atoms with E-state index in [1.807, 2.05) is 19.9 Å². The van der Waals surface area contributed by atoms with Crippen molar-refractivity contribution in [3.8, 4) is 0 Å². The number of allylic oxidation sites excluding steroid dienone is 5. The van der Waals surface area contributed by atoms with Crippen molar-refractivity contribution in [2.75, 3.05) is 0 Å². The third kappa shape index (κ3) is 4.91. The zero-order valence-corrected chi connectivity index (χ0v) is 23.5. The molecule has 2 saturated carbocycles. The molecule has 0 heterocycles. The van der Waals surface area contributed by atoms with Gasteiger partial charge in [-0.1, -0.05) is 64.3 Å². The van der Waals surface area contributed by atoms with Crippen LogP contribution >= 0.6 is 0 Å². The molecule has 5 heteroatoms. The molecule has 0 amide bonds. The molecule has 0 unspecified atom stereocenters. The Morgan fingerprint density at radius 3 is 2.46 bits per heavy atom. The zero-order valence-electron chi connectivity index (χ0n) is 23.5. The third-order valence-electron chi connectivity index (χ3n) is 9.67. The van der Waals surface area contributed by atoms with Crippen molar-refractivity contribution in [3.63, 3.8) is 0 Å². The van der Waals surface area contributed by atoms with E-state index in [0.29, 0.717) is 12.3 Å². The van der Waals surface area contributed by atoms with Crippen molar-refractivity contribution >= 4 is 17.5 Å². The molecule has 0 saturated heterocycles. The summed E-state index contributed by atoms with van der Waals surface area (Å²) in [7, 11) is 0. The van der Waals surface area contributed by atoms with E-state index in [0.717, 1.165) is 56.1 Å². The van der Waals surface area contributed by atoms with Crippen LogP contribution in [0.4, 0.5) is 0 Å². The van der Waals surface area contributed by atoms with Gasteiger partial charge in [-0.2, -0.15) is 0 Å². The standard InChI is InChI=1S/C32H44O5/c1-8-9-10-11-22-26(30(36)37-24-15-20-16-32(24,7)17-31(20,5)6)28(34)25(29(35)27(22)33)23-14-19(4)12-13-21(23)18(2)3/h14,20-21,23-24,34H,2,8-13,15-17H2,1,3-7H3/t20-,21-,23+,24+,32+/m0/s1. The highest BCUT2D eigenvalue weighted by molar-refractivity contribution is 6.51. The van der Waals surface area contributed by atoms with Gasteiger partial charge in [-0.15, -0.1) is 0 Å². The smallest absolute Gasteiger partial charge is 0.342 e. The second kappa shape index (κ2) is 10.0. The lowest BCUT2D eigenvalue weighted by molar-refractivity contribution is -0.152. The second-order valence-electron chi connectivity index (χ2n) is 13.1. The summed E-state index contributed by atoms with van der Waals surface area (Å²) in [5.41, 5.74) is 2.16. The van der Waals surface area contributed by atoms with Crippen molar-refractivity contribution in [3.05, 3.63) is 46.3 Å². The minimum Gasteiger partial charge on any atom is -0.507 e. The van der Waals surface area contributed by atoms with Gasteiger partial charge in [0, 0.05) is 16.9 Å². The summed E-state index contributed by atoms with van der Waals surface area (Å²) in [5.74, 6) is -2.48. The van der Waals surface area contributed by atoms with Crippen molar-refractivity contribution in [1.82, 2.24) is 0 Å². The van der Waals surface area contributed by atoms with Crippen molar-refractivity contribution in [2.24, 2.45) is 28.6 Å². The van der Waals surface area contributed by atoms with Crippen LogP contribution in [0.15, 0.2) is 46.3 Å². The molecular weight excluding hydrogens is 464 g/mol. The fourth-order valence-corrected chi connectivity index (χ4v) is 7.65. The number of unbranched alkanes of at least 4 members (excludes halogenated alkanes) is 2. The van der Waals surface area contributed by atoms with Gasteiger partial charge in [0.05, 0.1) is 5.57 Å². The normalized spacial score (nSPS) is 33.2. The largest absolute Gasteiger partial charge is 0.507 e. The lowest BCUT2D eigenvalue weighted by Gasteiger charge is -2.39. The van der Waals surface area contributed by atoms with Gasteiger partial charge in [-0.25, -0.2) is 4.79 Å². The zero-order chi connectivity index (χ0) is 27.3. The van der Waals surface area contributed by atoms with Crippen LogP contribution in [0.2, 0.25) is 0 Å². The first-order chi connectivity index (χ1) is 17.3. The van der Waals surface area contributed by atoms with E-state index in [-0.39, 0.29) is 51.8 Å². The number of carbonyl (C=O) groups excluding carboxylic acids is 3. The number of aliphatic hydroxyl groups excluding tert-OH is 1. The summed E-state index contributed by atoms with van der Waals surface area (Å²) in [5, 5.41) is 11.6. The molecule has 5 atom stereocenters. The molecule has 1 N–H and O–H groups in total. The molecule has 0 spiro atoms. The molecule has 0 aromatic heterocycles. The lowest BCUT2D eigenvalue weighted by Crippen LogP contribution is -2.39. The Balaban J connectivity index is 1.75. The molecular formula is C32H44O5. The molecule has 0 radical (unpaired) electrons. The van der Waals surface area contributed by atoms with E-state index in [1.165, 1.54) is 0 Å². The van der Waals surface area contributed by atoms with E-state index in [9.17, 15) is 19.5 Å². The summed E-state index contributed by atoms with van der Waals surface area (Å²) in [4.78, 5) is 40.8. The molecule has 202 valence electrons. The molecule has 37 heavy (non-hydrogen) atoms. The molecule has 4 aliphatic rings. The highest BCUT2D eigenvalue weighted by Gasteiger charge is 2.59. The Morgan fingerprint density at radius 1 is 1.19 bits per heavy atom. The maximum absolute atomic E-state index is 13.8. The average Bonchev–Trinajstić information content (AvgIpc) is 3.24. The fourth-order valence-electron chi connectivity index (χ4n) is 7.65. The molecule has 0 aromatic carbocycles. The highest BCUT2D eigenvalue weighted by atomic mass is 16.5. The third-order valence-corrected chi connectivity index (χ3v) is 9.67. The quantitative estimate of drug-likeness (QED) is 0.124. The van der Waals surface area contributed by atoms with Gasteiger partial charge < -0.3 is 9.84 Å². The van der Waals surface area contributed by atoms with Gasteiger partial charge in [0.15, 0.2) is 0 Å². The van der Waals surface area contributed by atoms with Crippen LogP contribution in [0.5, 0.6) is 0 Å². The van der Waals surface area contributed by atoms with Gasteiger partial charge in [0.25, 0.3) is 0 Å². The predicted octanol–water partition coefficient (Wildman–Crippen LogP) is 7.13. The molecule has 0 aliphatic heterocycles. The minimum atomic E-state index is -0.698. The summed E-state index contributed by atoms with van der Waals surface area (Å²) >= 11 is 0. The van der Waals surface area contributed by atoms with E-state index >= 15 is 0 Å². The van der Waals surface area contributed by atoms with Gasteiger partial charge in [-0.3, -0.25) is 9.59 Å². The molecule has 5 nitrogen and oxygen atoms in total. The van der Waals surface area contributed by atoms with Crippen LogP contribution in [0, 0.1) is 28.6 Å². The molecule has 2 bridgehead atoms. The predicted molar refractivity (Wildman–Crippen MR) is 145 cm³/mol. The van der Waals surface area contributed by atoms with Crippen molar-refractivity contribution < 1.29 is 24.2 Å². The van der Waals surface area contributed by atoms with E-state index in [2.05, 4.69) is 34.3 Å². The number of carbonyl (C=O) groups is 3. The van der Waals surface area contributed by atoms with E-state index in [1.54, 1.807) is 0 Å². The Hall–Kier alpha value is -2.43. The Kier molecular flexibility index (Phi) is 7.49. The van der Waals surface area contributed by atoms with Crippen molar-refractivity contribution in [2.45, 2.75) is 105 Å². The van der Waals surface area contributed by atoms with Crippen LogP contribution in [0.25, 0.3) is 0 Å². The van der Waals surface area contributed by atoms with Gasteiger partial charge in [0.2, 0.25) is 11.6 Å². The number of Topliss-reactive ketones (excluding diaryl/α,β-unsaturated/α-hetero) is 2. The van der Waals surface area contributed by atoms with Crippen LogP contribution in [0.1, 0.15) is 99.3 Å². The monoisotopic (exact) mass is 508 g/mol. The van der Waals surface area contributed by atoms with E-state index < -0.39 is 23.5 Å². The summed E-state index contributed by atoms with van der Waals surface area (Å²) in [6.45, 7) is 16.8. The second-order valence-corrected chi connectivity index (χ2v) is 13.1. The summed E-state index contributed by atoms with van der Waals surface area (Å²) in [6.07, 6.45) is 8.88. The fraction of sp³-hybridized carbons (Fsp3) is 0.656. The average molecular weight is 509 g/mol. The Bertz CT molecular complexity index is 1120. The van der Waals surface area contributed by atoms with Gasteiger partial charge in [-0.05, 0) is 76.0 Å². The van der Waals surface area contributed by atoms with Crippen LogP contribution in [-0.4, -0.2) is 28.7 Å². The lowest BCUT2D eigenvalue weighted by atomic mass is 9.70. The first-order valence-electron chi connectivity index (χ1n) is 14.1. The highest BCUT2D eigenvalue weighted by Crippen LogP contribution is 2.63. The van der Waals surface area contributed by atoms with Crippen LogP contribution in [0.3, 0.4) is 0 Å². The number of ketones is 2. The number of rotatable bonds is 8. The SMILES string of the molecule is C=C(C)[C@@H]1CCC(C)=C[C@H]1C1=C(O)C(C(=O)O[C@@H]2C[C@H]3C[C@]2(C)CC3(C)C)=C(CCCCC)C(=O)C1=O. The number of hydrogen-bond acceptors (Lipinski definition) is 5.